The molecule has 0 aromatic heterocycles. The van der Waals surface area contributed by atoms with Crippen molar-refractivity contribution in [1.29, 1.82) is 0 Å². The van der Waals surface area contributed by atoms with Gasteiger partial charge in [-0.3, -0.25) is 4.90 Å². The fourth-order valence-electron chi connectivity index (χ4n) is 3.76. The van der Waals surface area contributed by atoms with Crippen molar-refractivity contribution < 1.29 is 8.78 Å². The summed E-state index contributed by atoms with van der Waals surface area (Å²) in [5.41, 5.74) is 0.262. The van der Waals surface area contributed by atoms with Gasteiger partial charge < -0.3 is 5.32 Å². The van der Waals surface area contributed by atoms with Crippen molar-refractivity contribution in [3.63, 3.8) is 0 Å². The number of nitrogens with zero attached hydrogens (tertiary/aromatic N) is 1. The standard InChI is InChI=1S/C16H21BrF2N2.ClH/c17-12-5-6-13(18)14(15(12)19)16(11-3-1-2-4-11)21-9-7-20-8-10-21;/h5-6,11,16,20H,1-4,7-10H2;1H/t16-;/m1./s1. The van der Waals surface area contributed by atoms with Gasteiger partial charge in [-0.1, -0.05) is 12.8 Å². The highest BCUT2D eigenvalue weighted by molar-refractivity contribution is 9.10. The van der Waals surface area contributed by atoms with Crippen molar-refractivity contribution in [2.75, 3.05) is 26.2 Å². The number of nitrogens with one attached hydrogen (secondary N) is 1. The molecule has 1 N–H and O–H groups in total. The molecule has 1 atom stereocenters. The molecule has 1 aliphatic carbocycles. The summed E-state index contributed by atoms with van der Waals surface area (Å²) in [4.78, 5) is 2.26. The highest BCUT2D eigenvalue weighted by Crippen LogP contribution is 2.42. The lowest BCUT2D eigenvalue weighted by atomic mass is 9.89. The van der Waals surface area contributed by atoms with E-state index in [9.17, 15) is 8.78 Å². The Morgan fingerprint density at radius 2 is 1.77 bits per heavy atom. The van der Waals surface area contributed by atoms with Gasteiger partial charge >= 0.3 is 0 Å². The van der Waals surface area contributed by atoms with Crippen LogP contribution in [0.25, 0.3) is 0 Å². The zero-order valence-electron chi connectivity index (χ0n) is 12.5. The molecule has 1 aromatic carbocycles. The SMILES string of the molecule is Cl.Fc1ccc(Br)c(F)c1[C@@H](C1CCCC1)N1CCNCC1. The minimum Gasteiger partial charge on any atom is -0.314 e. The number of hydrogen-bond acceptors (Lipinski definition) is 2. The van der Waals surface area contributed by atoms with Crippen molar-refractivity contribution in [3.05, 3.63) is 33.8 Å². The van der Waals surface area contributed by atoms with Crippen molar-refractivity contribution in [1.82, 2.24) is 10.2 Å². The summed E-state index contributed by atoms with van der Waals surface area (Å²) in [5, 5.41) is 3.31. The lowest BCUT2D eigenvalue weighted by molar-refractivity contribution is 0.119. The van der Waals surface area contributed by atoms with Crippen LogP contribution < -0.4 is 5.32 Å². The summed E-state index contributed by atoms with van der Waals surface area (Å²) in [6.45, 7) is 3.49. The number of benzene rings is 1. The Labute approximate surface area is 145 Å². The van der Waals surface area contributed by atoms with Gasteiger partial charge in [-0.2, -0.15) is 0 Å². The number of hydrogen-bond donors (Lipinski definition) is 1. The first-order chi connectivity index (χ1) is 10.2. The molecule has 0 radical (unpaired) electrons. The van der Waals surface area contributed by atoms with Crippen molar-refractivity contribution in [3.8, 4) is 0 Å². The molecular weight excluding hydrogens is 374 g/mol. The van der Waals surface area contributed by atoms with Gasteiger partial charge in [0.1, 0.15) is 11.6 Å². The van der Waals surface area contributed by atoms with E-state index in [1.165, 1.54) is 25.0 Å². The highest BCUT2D eigenvalue weighted by atomic mass is 79.9. The van der Waals surface area contributed by atoms with Crippen LogP contribution in [0.3, 0.4) is 0 Å². The number of halogens is 4. The van der Waals surface area contributed by atoms with E-state index < -0.39 is 11.6 Å². The van der Waals surface area contributed by atoms with Gasteiger partial charge in [0.05, 0.1) is 4.47 Å². The third-order valence-electron chi connectivity index (χ3n) is 4.77. The molecule has 1 aliphatic heterocycles. The van der Waals surface area contributed by atoms with Crippen LogP contribution in [0.5, 0.6) is 0 Å². The topological polar surface area (TPSA) is 15.3 Å². The second-order valence-corrected chi connectivity index (χ2v) is 6.89. The lowest BCUT2D eigenvalue weighted by Crippen LogP contribution is -2.47. The van der Waals surface area contributed by atoms with Gasteiger partial charge in [-0.25, -0.2) is 8.78 Å². The summed E-state index contributed by atoms with van der Waals surface area (Å²) in [7, 11) is 0. The molecule has 0 amide bonds. The molecule has 1 aromatic rings. The van der Waals surface area contributed by atoms with E-state index in [2.05, 4.69) is 26.1 Å². The van der Waals surface area contributed by atoms with E-state index in [1.807, 2.05) is 0 Å². The Balaban J connectivity index is 0.00000176. The average Bonchev–Trinajstić information content (AvgIpc) is 3.02. The van der Waals surface area contributed by atoms with Gasteiger partial charge in [0, 0.05) is 37.8 Å². The molecule has 2 nitrogen and oxygen atoms in total. The Morgan fingerprint density at radius 1 is 1.14 bits per heavy atom. The number of rotatable bonds is 3. The fraction of sp³-hybridized carbons (Fsp3) is 0.625. The van der Waals surface area contributed by atoms with E-state index in [4.69, 9.17) is 0 Å². The predicted octanol–water partition coefficient (Wildman–Crippen LogP) is 4.29. The molecule has 2 fully saturated rings. The van der Waals surface area contributed by atoms with Gasteiger partial charge in [-0.15, -0.1) is 12.4 Å². The third kappa shape index (κ3) is 3.64. The molecule has 1 saturated heterocycles. The normalized spacial score (nSPS) is 21.6. The van der Waals surface area contributed by atoms with Crippen LogP contribution in [-0.4, -0.2) is 31.1 Å². The first-order valence-corrected chi connectivity index (χ1v) is 8.56. The van der Waals surface area contributed by atoms with Gasteiger partial charge in [0.2, 0.25) is 0 Å². The predicted molar refractivity (Wildman–Crippen MR) is 90.4 cm³/mol. The smallest absolute Gasteiger partial charge is 0.145 e. The molecule has 1 heterocycles. The maximum atomic E-state index is 14.6. The van der Waals surface area contributed by atoms with Crippen LogP contribution in [0.1, 0.15) is 37.3 Å². The van der Waals surface area contributed by atoms with Crippen molar-refractivity contribution >= 4 is 28.3 Å². The Morgan fingerprint density at radius 3 is 2.41 bits per heavy atom. The Hall–Kier alpha value is -0.230. The van der Waals surface area contributed by atoms with Crippen LogP contribution in [0.2, 0.25) is 0 Å². The summed E-state index contributed by atoms with van der Waals surface area (Å²) in [6.07, 6.45) is 4.48. The summed E-state index contributed by atoms with van der Waals surface area (Å²) >= 11 is 3.21. The molecule has 1 saturated carbocycles. The van der Waals surface area contributed by atoms with E-state index in [0.717, 1.165) is 39.0 Å². The van der Waals surface area contributed by atoms with Crippen LogP contribution in [-0.2, 0) is 0 Å². The van der Waals surface area contributed by atoms with E-state index in [0.29, 0.717) is 10.4 Å². The van der Waals surface area contributed by atoms with Gasteiger partial charge in [0.25, 0.3) is 0 Å². The van der Waals surface area contributed by atoms with Gasteiger partial charge in [0.15, 0.2) is 0 Å². The van der Waals surface area contributed by atoms with Gasteiger partial charge in [-0.05, 0) is 46.8 Å². The molecule has 6 heteroatoms. The van der Waals surface area contributed by atoms with E-state index in [1.54, 1.807) is 0 Å². The molecule has 2 aliphatic rings. The van der Waals surface area contributed by atoms with Crippen LogP contribution in [0.4, 0.5) is 8.78 Å². The maximum Gasteiger partial charge on any atom is 0.145 e. The minimum absolute atomic E-state index is 0. The Bertz CT molecular complexity index is 503. The quantitative estimate of drug-likeness (QED) is 0.768. The summed E-state index contributed by atoms with van der Waals surface area (Å²) < 4.78 is 29.3. The van der Waals surface area contributed by atoms with Crippen LogP contribution in [0.15, 0.2) is 16.6 Å². The maximum absolute atomic E-state index is 14.6. The summed E-state index contributed by atoms with van der Waals surface area (Å²) in [6, 6.07) is 2.71. The fourth-order valence-corrected chi connectivity index (χ4v) is 4.11. The molecule has 124 valence electrons. The van der Waals surface area contributed by atoms with E-state index in [-0.39, 0.29) is 24.0 Å². The molecule has 0 spiro atoms. The first kappa shape index (κ1) is 18.1. The summed E-state index contributed by atoms with van der Waals surface area (Å²) in [5.74, 6) is -0.474. The van der Waals surface area contributed by atoms with Crippen LogP contribution >= 0.6 is 28.3 Å². The third-order valence-corrected chi connectivity index (χ3v) is 5.38. The monoisotopic (exact) mass is 394 g/mol. The number of piperazine rings is 1. The molecule has 0 unspecified atom stereocenters. The largest absolute Gasteiger partial charge is 0.314 e. The minimum atomic E-state index is -0.426. The Kier molecular flexibility index (Phi) is 6.62. The zero-order chi connectivity index (χ0) is 14.8. The van der Waals surface area contributed by atoms with Crippen LogP contribution in [0, 0.1) is 17.6 Å². The highest BCUT2D eigenvalue weighted by Gasteiger charge is 2.35. The average molecular weight is 396 g/mol. The molecular formula is C16H22BrClF2N2. The molecule has 22 heavy (non-hydrogen) atoms. The lowest BCUT2D eigenvalue weighted by Gasteiger charge is -2.39. The van der Waals surface area contributed by atoms with Crippen molar-refractivity contribution in [2.45, 2.75) is 31.7 Å². The van der Waals surface area contributed by atoms with E-state index >= 15 is 0 Å². The second kappa shape index (κ2) is 8.04. The van der Waals surface area contributed by atoms with Crippen molar-refractivity contribution in [2.24, 2.45) is 5.92 Å². The zero-order valence-corrected chi connectivity index (χ0v) is 14.9. The first-order valence-electron chi connectivity index (χ1n) is 7.76. The second-order valence-electron chi connectivity index (χ2n) is 6.03. The molecule has 3 rings (SSSR count). The molecule has 0 bridgehead atoms.